The van der Waals surface area contributed by atoms with Crippen molar-refractivity contribution >= 4 is 13.3 Å². The Kier molecular flexibility index (Phi) is 2.83. The summed E-state index contributed by atoms with van der Waals surface area (Å²) in [5.74, 6) is -1.27. The van der Waals surface area contributed by atoms with Gasteiger partial charge in [0.1, 0.15) is 5.54 Å². The molecule has 0 bridgehead atoms. The number of rotatable bonds is 3. The van der Waals surface area contributed by atoms with Crippen LogP contribution in [0.5, 0.6) is 0 Å². The Balaban J connectivity index is 4.37. The van der Waals surface area contributed by atoms with E-state index < -0.39 is 25.0 Å². The van der Waals surface area contributed by atoms with E-state index in [-0.39, 0.29) is 0 Å². The van der Waals surface area contributed by atoms with Crippen LogP contribution in [0.1, 0.15) is 6.92 Å². The maximum absolute atomic E-state index is 10.7. The number of carboxylic acids is 1. The van der Waals surface area contributed by atoms with Gasteiger partial charge in [-0.15, -0.1) is 0 Å². The first-order valence-electron chi connectivity index (χ1n) is 2.97. The zero-order chi connectivity index (χ0) is 9.28. The van der Waals surface area contributed by atoms with Crippen molar-refractivity contribution in [3.63, 3.8) is 0 Å². The summed E-state index contributed by atoms with van der Waals surface area (Å²) in [5, 5.41) is 8.45. The topological polar surface area (TPSA) is 101 Å². The summed E-state index contributed by atoms with van der Waals surface area (Å²) >= 11 is 0. The molecule has 6 heteroatoms. The smallest absolute Gasteiger partial charge is 0.323 e. The minimum absolute atomic E-state index is 0.407. The first-order valence-corrected chi connectivity index (χ1v) is 5.26. The van der Waals surface area contributed by atoms with E-state index in [2.05, 4.69) is 0 Å². The summed E-state index contributed by atoms with van der Waals surface area (Å²) in [5.41, 5.74) is 3.60. The van der Waals surface area contributed by atoms with Crippen LogP contribution in [0.15, 0.2) is 0 Å². The molecular weight excluding hydrogens is 169 g/mol. The standard InChI is InChI=1S/C5H12NO4P/c1-5(6,4(7)8)3-11(2,9)10/h3,6H2,1-2H3,(H,7,8)(H,9,10). The van der Waals surface area contributed by atoms with Gasteiger partial charge >= 0.3 is 5.97 Å². The quantitative estimate of drug-likeness (QED) is 0.518. The lowest BCUT2D eigenvalue weighted by Crippen LogP contribution is -2.47. The molecule has 0 rings (SSSR count). The van der Waals surface area contributed by atoms with Crippen molar-refractivity contribution in [2.24, 2.45) is 5.73 Å². The molecule has 0 saturated carbocycles. The predicted molar refractivity (Wildman–Crippen MR) is 40.8 cm³/mol. The molecule has 66 valence electrons. The number of carboxylic acid groups (broad SMARTS) is 1. The van der Waals surface area contributed by atoms with Crippen LogP contribution in [-0.2, 0) is 9.36 Å². The summed E-state index contributed by atoms with van der Waals surface area (Å²) in [7, 11) is -3.35. The average Bonchev–Trinajstić information content (AvgIpc) is 1.56. The average molecular weight is 181 g/mol. The van der Waals surface area contributed by atoms with E-state index in [1.807, 2.05) is 0 Å². The number of aliphatic carboxylic acids is 1. The van der Waals surface area contributed by atoms with E-state index in [4.69, 9.17) is 15.7 Å². The van der Waals surface area contributed by atoms with Crippen molar-refractivity contribution in [3.8, 4) is 0 Å². The maximum atomic E-state index is 10.7. The number of carbonyl (C=O) groups is 1. The van der Waals surface area contributed by atoms with Crippen LogP contribution < -0.4 is 5.73 Å². The van der Waals surface area contributed by atoms with Gasteiger partial charge in [-0.3, -0.25) is 9.36 Å². The molecule has 0 aliphatic rings. The Hall–Kier alpha value is -0.380. The highest BCUT2D eigenvalue weighted by Gasteiger charge is 2.33. The van der Waals surface area contributed by atoms with E-state index in [1.165, 1.54) is 6.92 Å². The van der Waals surface area contributed by atoms with Gasteiger partial charge in [-0.1, -0.05) is 0 Å². The molecule has 0 aliphatic heterocycles. The van der Waals surface area contributed by atoms with Crippen LogP contribution in [0, 0.1) is 0 Å². The molecule has 0 saturated heterocycles. The van der Waals surface area contributed by atoms with Crippen LogP contribution in [-0.4, -0.2) is 34.3 Å². The highest BCUT2D eigenvalue weighted by Crippen LogP contribution is 2.38. The molecule has 0 aromatic heterocycles. The fourth-order valence-corrected chi connectivity index (χ4v) is 2.03. The van der Waals surface area contributed by atoms with Gasteiger partial charge in [0.15, 0.2) is 7.37 Å². The Morgan fingerprint density at radius 3 is 2.18 bits per heavy atom. The third-order valence-electron chi connectivity index (χ3n) is 1.11. The summed E-state index contributed by atoms with van der Waals surface area (Å²) < 4.78 is 10.7. The monoisotopic (exact) mass is 181 g/mol. The van der Waals surface area contributed by atoms with E-state index in [0.717, 1.165) is 6.66 Å². The van der Waals surface area contributed by atoms with Crippen LogP contribution in [0.4, 0.5) is 0 Å². The molecule has 0 aliphatic carbocycles. The molecule has 0 radical (unpaired) electrons. The van der Waals surface area contributed by atoms with Gasteiger partial charge in [0.05, 0.1) is 6.16 Å². The number of hydrogen-bond donors (Lipinski definition) is 3. The van der Waals surface area contributed by atoms with Crippen molar-refractivity contribution in [1.82, 2.24) is 0 Å². The van der Waals surface area contributed by atoms with Gasteiger partial charge in [-0.05, 0) is 6.92 Å². The molecular formula is C5H12NO4P. The van der Waals surface area contributed by atoms with Crippen molar-refractivity contribution in [1.29, 1.82) is 0 Å². The van der Waals surface area contributed by atoms with E-state index in [1.54, 1.807) is 0 Å². The van der Waals surface area contributed by atoms with Gasteiger partial charge in [-0.25, -0.2) is 0 Å². The minimum atomic E-state index is -3.35. The molecule has 2 atom stereocenters. The van der Waals surface area contributed by atoms with Gasteiger partial charge < -0.3 is 15.7 Å². The Morgan fingerprint density at radius 1 is 1.73 bits per heavy atom. The molecule has 0 spiro atoms. The zero-order valence-corrected chi connectivity index (χ0v) is 7.34. The lowest BCUT2D eigenvalue weighted by Gasteiger charge is -2.20. The maximum Gasteiger partial charge on any atom is 0.323 e. The number of hydrogen-bond acceptors (Lipinski definition) is 3. The second-order valence-corrected chi connectivity index (χ2v) is 5.35. The molecule has 0 aromatic rings. The fraction of sp³-hybridized carbons (Fsp3) is 0.800. The highest BCUT2D eigenvalue weighted by atomic mass is 31.2. The minimum Gasteiger partial charge on any atom is -0.480 e. The summed E-state index contributed by atoms with van der Waals surface area (Å²) in [6.07, 6.45) is -0.407. The van der Waals surface area contributed by atoms with E-state index in [9.17, 15) is 9.36 Å². The molecule has 0 aromatic carbocycles. The molecule has 5 nitrogen and oxygen atoms in total. The summed E-state index contributed by atoms with van der Waals surface area (Å²) in [6.45, 7) is 2.29. The lowest BCUT2D eigenvalue weighted by atomic mass is 10.1. The SMILES string of the molecule is CC(N)(CP(C)(=O)O)C(=O)O. The van der Waals surface area contributed by atoms with Crippen LogP contribution in [0.3, 0.4) is 0 Å². The Bertz CT molecular complexity index is 207. The van der Waals surface area contributed by atoms with Gasteiger partial charge in [0, 0.05) is 6.66 Å². The second-order valence-electron chi connectivity index (χ2n) is 2.93. The van der Waals surface area contributed by atoms with Crippen molar-refractivity contribution in [2.45, 2.75) is 12.5 Å². The molecule has 4 N–H and O–H groups in total. The van der Waals surface area contributed by atoms with Crippen molar-refractivity contribution < 1.29 is 19.4 Å². The summed E-state index contributed by atoms with van der Waals surface area (Å²) in [6, 6.07) is 0. The molecule has 2 unspecified atom stereocenters. The van der Waals surface area contributed by atoms with Crippen LogP contribution >= 0.6 is 7.37 Å². The first kappa shape index (κ1) is 10.6. The van der Waals surface area contributed by atoms with Crippen LogP contribution in [0.25, 0.3) is 0 Å². The van der Waals surface area contributed by atoms with Crippen molar-refractivity contribution in [2.75, 3.05) is 12.8 Å². The molecule has 0 fully saturated rings. The van der Waals surface area contributed by atoms with E-state index in [0.29, 0.717) is 0 Å². The predicted octanol–water partition coefficient (Wildman–Crippen LogP) is -0.311. The lowest BCUT2D eigenvalue weighted by molar-refractivity contribution is -0.141. The zero-order valence-electron chi connectivity index (χ0n) is 6.44. The number of nitrogens with two attached hydrogens (primary N) is 1. The fourth-order valence-electron chi connectivity index (χ4n) is 0.677. The van der Waals surface area contributed by atoms with E-state index >= 15 is 0 Å². The highest BCUT2D eigenvalue weighted by molar-refractivity contribution is 7.57. The van der Waals surface area contributed by atoms with Gasteiger partial charge in [0.2, 0.25) is 0 Å². The van der Waals surface area contributed by atoms with Crippen LogP contribution in [0.2, 0.25) is 0 Å². The first-order chi connectivity index (χ1) is 4.65. The Morgan fingerprint density at radius 2 is 2.09 bits per heavy atom. The molecule has 11 heavy (non-hydrogen) atoms. The molecule has 0 amide bonds. The Labute approximate surface area is 64.7 Å². The third kappa shape index (κ3) is 4.14. The second kappa shape index (κ2) is 2.93. The van der Waals surface area contributed by atoms with Crippen molar-refractivity contribution in [3.05, 3.63) is 0 Å². The largest absolute Gasteiger partial charge is 0.480 e. The normalized spacial score (nSPS) is 21.8. The molecule has 0 heterocycles. The van der Waals surface area contributed by atoms with Gasteiger partial charge in [-0.2, -0.15) is 0 Å². The summed E-state index contributed by atoms with van der Waals surface area (Å²) in [4.78, 5) is 19.2. The van der Waals surface area contributed by atoms with Gasteiger partial charge in [0.25, 0.3) is 0 Å². The third-order valence-corrected chi connectivity index (χ3v) is 2.35.